The van der Waals surface area contributed by atoms with Crippen molar-refractivity contribution in [2.45, 2.75) is 19.8 Å². The maximum Gasteiger partial charge on any atom is 0.362 e. The number of anilines is 1. The van der Waals surface area contributed by atoms with Crippen molar-refractivity contribution in [2.24, 2.45) is 5.92 Å². The van der Waals surface area contributed by atoms with Crippen molar-refractivity contribution in [1.29, 1.82) is 0 Å². The molecule has 0 radical (unpaired) electrons. The average molecular weight is 451 g/mol. The third-order valence-electron chi connectivity index (χ3n) is 4.61. The van der Waals surface area contributed by atoms with Crippen molar-refractivity contribution >= 4 is 44.5 Å². The van der Waals surface area contributed by atoms with Gasteiger partial charge in [0.1, 0.15) is 0 Å². The number of esters is 1. The number of sulfonamides is 1. The van der Waals surface area contributed by atoms with E-state index in [4.69, 9.17) is 4.74 Å². The van der Waals surface area contributed by atoms with E-state index in [1.807, 2.05) is 30.3 Å². The standard InChI is InChI=1S/C19H22N4O5S2/c1-2-28-19(25)16-18(29-22-21-16)20-17(24)15-8-11-23(12-9-15)30(26,27)13-10-14-6-4-3-5-7-14/h3-7,10,13,15H,2,8-9,11-12H2,1H3,(H,20,24)/b13-10+. The summed E-state index contributed by atoms with van der Waals surface area (Å²) in [5.41, 5.74) is 0.771. The Kier molecular flexibility index (Phi) is 7.29. The maximum absolute atomic E-state index is 12.6. The lowest BCUT2D eigenvalue weighted by molar-refractivity contribution is -0.120. The van der Waals surface area contributed by atoms with Crippen molar-refractivity contribution in [3.8, 4) is 0 Å². The summed E-state index contributed by atoms with van der Waals surface area (Å²) in [6, 6.07) is 9.17. The minimum atomic E-state index is -3.56. The van der Waals surface area contributed by atoms with E-state index in [1.54, 1.807) is 13.0 Å². The van der Waals surface area contributed by atoms with E-state index in [0.717, 1.165) is 17.1 Å². The number of carbonyl (C=O) groups excluding carboxylic acids is 2. The van der Waals surface area contributed by atoms with Crippen LogP contribution >= 0.6 is 11.5 Å². The van der Waals surface area contributed by atoms with Crippen LogP contribution in [-0.2, 0) is 19.6 Å². The molecular formula is C19H22N4O5S2. The van der Waals surface area contributed by atoms with E-state index in [-0.39, 0.29) is 42.2 Å². The quantitative estimate of drug-likeness (QED) is 0.643. The van der Waals surface area contributed by atoms with Crippen LogP contribution in [0.1, 0.15) is 35.8 Å². The van der Waals surface area contributed by atoms with Gasteiger partial charge in [-0.2, -0.15) is 4.31 Å². The zero-order chi connectivity index (χ0) is 21.6. The topological polar surface area (TPSA) is 119 Å². The van der Waals surface area contributed by atoms with Crippen molar-refractivity contribution < 1.29 is 22.7 Å². The number of benzene rings is 1. The Bertz CT molecular complexity index is 1010. The van der Waals surface area contributed by atoms with Gasteiger partial charge in [0.15, 0.2) is 5.00 Å². The van der Waals surface area contributed by atoms with Gasteiger partial charge in [-0.25, -0.2) is 13.2 Å². The average Bonchev–Trinajstić information content (AvgIpc) is 3.21. The maximum atomic E-state index is 12.6. The van der Waals surface area contributed by atoms with Crippen molar-refractivity contribution in [2.75, 3.05) is 25.0 Å². The van der Waals surface area contributed by atoms with E-state index in [9.17, 15) is 18.0 Å². The summed E-state index contributed by atoms with van der Waals surface area (Å²) in [7, 11) is -3.56. The fraction of sp³-hybridized carbons (Fsp3) is 0.368. The van der Waals surface area contributed by atoms with Crippen molar-refractivity contribution in [3.05, 3.63) is 47.0 Å². The number of piperidine rings is 1. The summed E-state index contributed by atoms with van der Waals surface area (Å²) >= 11 is 0.896. The van der Waals surface area contributed by atoms with Crippen LogP contribution in [0, 0.1) is 5.92 Å². The Balaban J connectivity index is 1.56. The highest BCUT2D eigenvalue weighted by Gasteiger charge is 2.31. The van der Waals surface area contributed by atoms with Gasteiger partial charge in [0.2, 0.25) is 21.6 Å². The normalized spacial score (nSPS) is 15.9. The first-order valence-corrected chi connectivity index (χ1v) is 11.7. The summed E-state index contributed by atoms with van der Waals surface area (Å²) in [6.07, 6.45) is 2.32. The third-order valence-corrected chi connectivity index (χ3v) is 6.82. The van der Waals surface area contributed by atoms with E-state index < -0.39 is 16.0 Å². The van der Waals surface area contributed by atoms with Crippen LogP contribution in [0.25, 0.3) is 6.08 Å². The monoisotopic (exact) mass is 450 g/mol. The smallest absolute Gasteiger partial charge is 0.362 e. The van der Waals surface area contributed by atoms with E-state index >= 15 is 0 Å². The summed E-state index contributed by atoms with van der Waals surface area (Å²) in [4.78, 5) is 24.4. The Labute approximate surface area is 179 Å². The van der Waals surface area contributed by atoms with Gasteiger partial charge < -0.3 is 10.1 Å². The van der Waals surface area contributed by atoms with Gasteiger partial charge in [-0.15, -0.1) is 5.10 Å². The molecule has 0 bridgehead atoms. The largest absolute Gasteiger partial charge is 0.461 e. The van der Waals surface area contributed by atoms with Gasteiger partial charge in [-0.3, -0.25) is 4.79 Å². The number of hydrogen-bond acceptors (Lipinski definition) is 8. The second-order valence-corrected chi connectivity index (χ2v) is 9.16. The molecule has 1 aliphatic heterocycles. The number of aromatic nitrogens is 2. The van der Waals surface area contributed by atoms with Gasteiger partial charge >= 0.3 is 5.97 Å². The molecule has 0 atom stereocenters. The molecule has 1 fully saturated rings. The van der Waals surface area contributed by atoms with Crippen LogP contribution in [-0.4, -0.2) is 53.9 Å². The second kappa shape index (κ2) is 9.92. The number of carbonyl (C=O) groups is 2. The molecular weight excluding hydrogens is 428 g/mol. The molecule has 2 heterocycles. The van der Waals surface area contributed by atoms with Crippen LogP contribution < -0.4 is 5.32 Å². The molecule has 11 heteroatoms. The van der Waals surface area contributed by atoms with Crippen LogP contribution in [0.5, 0.6) is 0 Å². The molecule has 1 aromatic carbocycles. The predicted molar refractivity (Wildman–Crippen MR) is 113 cm³/mol. The van der Waals surface area contributed by atoms with E-state index in [2.05, 4.69) is 14.9 Å². The molecule has 0 saturated carbocycles. The zero-order valence-electron chi connectivity index (χ0n) is 16.4. The van der Waals surface area contributed by atoms with Crippen molar-refractivity contribution in [3.63, 3.8) is 0 Å². The molecule has 0 aliphatic carbocycles. The van der Waals surface area contributed by atoms with Gasteiger partial charge in [0.05, 0.1) is 6.61 Å². The Morgan fingerprint density at radius 3 is 2.63 bits per heavy atom. The third kappa shape index (κ3) is 5.49. The Hall–Kier alpha value is -2.63. The summed E-state index contributed by atoms with van der Waals surface area (Å²) < 4.78 is 35.0. The summed E-state index contributed by atoms with van der Waals surface area (Å²) in [5.74, 6) is -1.30. The highest BCUT2D eigenvalue weighted by molar-refractivity contribution is 7.92. The number of rotatable bonds is 7. The fourth-order valence-electron chi connectivity index (χ4n) is 3.01. The number of amides is 1. The van der Waals surface area contributed by atoms with Crippen LogP contribution in [0.15, 0.2) is 35.7 Å². The Morgan fingerprint density at radius 2 is 1.97 bits per heavy atom. The molecule has 9 nitrogen and oxygen atoms in total. The van der Waals surface area contributed by atoms with Gasteiger partial charge in [-0.05, 0) is 31.4 Å². The number of nitrogens with one attached hydrogen (secondary N) is 1. The van der Waals surface area contributed by atoms with Gasteiger partial charge in [0, 0.05) is 35.9 Å². The molecule has 0 unspecified atom stereocenters. The first-order valence-electron chi connectivity index (χ1n) is 9.44. The molecule has 30 heavy (non-hydrogen) atoms. The SMILES string of the molecule is CCOC(=O)c1nnsc1NC(=O)C1CCN(S(=O)(=O)/C=C/c2ccccc2)CC1. The second-order valence-electron chi connectivity index (χ2n) is 6.59. The molecule has 0 spiro atoms. The predicted octanol–water partition coefficient (Wildman–Crippen LogP) is 2.37. The first-order chi connectivity index (χ1) is 14.4. The van der Waals surface area contributed by atoms with Crippen molar-refractivity contribution in [1.82, 2.24) is 13.9 Å². The lowest BCUT2D eigenvalue weighted by Gasteiger charge is -2.29. The van der Waals surface area contributed by atoms with Crippen LogP contribution in [0.4, 0.5) is 5.00 Å². The van der Waals surface area contributed by atoms with Gasteiger partial charge in [-0.1, -0.05) is 34.8 Å². The number of nitrogens with zero attached hydrogens (tertiary/aromatic N) is 3. The molecule has 1 amide bonds. The molecule has 1 N–H and O–H groups in total. The number of ether oxygens (including phenoxy) is 1. The highest BCUT2D eigenvalue weighted by Crippen LogP contribution is 2.25. The summed E-state index contributed by atoms with van der Waals surface area (Å²) in [6.45, 7) is 2.35. The van der Waals surface area contributed by atoms with Crippen LogP contribution in [0.2, 0.25) is 0 Å². The Morgan fingerprint density at radius 1 is 1.27 bits per heavy atom. The minimum Gasteiger partial charge on any atom is -0.461 e. The molecule has 2 aromatic rings. The number of hydrogen-bond donors (Lipinski definition) is 1. The zero-order valence-corrected chi connectivity index (χ0v) is 18.0. The van der Waals surface area contributed by atoms with Crippen LogP contribution in [0.3, 0.4) is 0 Å². The molecule has 3 rings (SSSR count). The highest BCUT2D eigenvalue weighted by atomic mass is 32.2. The molecule has 1 saturated heterocycles. The summed E-state index contributed by atoms with van der Waals surface area (Å²) in [5, 5.41) is 7.81. The molecule has 160 valence electrons. The fourth-order valence-corrected chi connectivity index (χ4v) is 4.79. The molecule has 1 aromatic heterocycles. The van der Waals surface area contributed by atoms with E-state index in [0.29, 0.717) is 12.8 Å². The molecule has 1 aliphatic rings. The van der Waals surface area contributed by atoms with Gasteiger partial charge in [0.25, 0.3) is 0 Å². The lowest BCUT2D eigenvalue weighted by atomic mass is 9.97. The minimum absolute atomic E-state index is 0.0266. The van der Waals surface area contributed by atoms with E-state index in [1.165, 1.54) is 9.71 Å². The lowest BCUT2D eigenvalue weighted by Crippen LogP contribution is -2.40. The first kappa shape index (κ1) is 22.1.